The maximum atomic E-state index is 13.0. The van der Waals surface area contributed by atoms with Crippen LogP contribution in [0.4, 0.5) is 0 Å². The van der Waals surface area contributed by atoms with Gasteiger partial charge in [-0.15, -0.1) is 0 Å². The second kappa shape index (κ2) is 9.84. The Labute approximate surface area is 193 Å². The summed E-state index contributed by atoms with van der Waals surface area (Å²) in [5, 5.41) is 2.12. The molecule has 3 atom stereocenters. The first kappa shape index (κ1) is 24.6. The fraction of sp³-hybridized carbons (Fsp3) is 0.455. The number of sulfonamides is 1. The third-order valence-corrected chi connectivity index (χ3v) is 7.59. The molecule has 0 radical (unpaired) electrons. The molecule has 1 fully saturated rings. The summed E-state index contributed by atoms with van der Waals surface area (Å²) in [5.41, 5.74) is 5.62. The predicted octanol–water partition coefficient (Wildman–Crippen LogP) is 0.540. The van der Waals surface area contributed by atoms with Crippen LogP contribution in [-0.4, -0.2) is 62.9 Å². The largest absolute Gasteiger partial charge is 0.334 e. The Morgan fingerprint density at radius 2 is 1.88 bits per heavy atom. The number of hydrogen-bond acceptors (Lipinski definition) is 5. The molecule has 0 saturated carbocycles. The summed E-state index contributed by atoms with van der Waals surface area (Å²) >= 11 is 5.99. The second-order valence-corrected chi connectivity index (χ2v) is 10.5. The minimum absolute atomic E-state index is 0.0392. The lowest BCUT2D eigenvalue weighted by atomic mass is 10.1. The second-order valence-electron chi connectivity index (χ2n) is 8.39. The first-order chi connectivity index (χ1) is 15.0. The molecule has 32 heavy (non-hydrogen) atoms. The van der Waals surface area contributed by atoms with E-state index in [0.29, 0.717) is 36.0 Å². The average molecular weight is 482 g/mol. The van der Waals surface area contributed by atoms with Crippen LogP contribution in [0.2, 0.25) is 5.02 Å². The zero-order valence-corrected chi connectivity index (χ0v) is 20.0. The molecule has 0 aromatic heterocycles. The first-order valence-electron chi connectivity index (χ1n) is 10.7. The number of nitrogens with two attached hydrogens (primary N) is 1. The summed E-state index contributed by atoms with van der Waals surface area (Å²) in [7, 11) is -3.91. The van der Waals surface area contributed by atoms with Crippen molar-refractivity contribution in [3.63, 3.8) is 0 Å². The molecule has 10 heteroatoms. The Hall–Kier alpha value is -2.04. The van der Waals surface area contributed by atoms with Crippen LogP contribution < -0.4 is 15.4 Å². The highest BCUT2D eigenvalue weighted by atomic mass is 35.5. The van der Waals surface area contributed by atoms with Crippen molar-refractivity contribution < 1.29 is 22.9 Å². The van der Waals surface area contributed by atoms with Crippen molar-refractivity contribution in [3.05, 3.63) is 41.4 Å². The van der Waals surface area contributed by atoms with Gasteiger partial charge in [-0.1, -0.05) is 23.7 Å². The Kier molecular flexibility index (Phi) is 7.57. The summed E-state index contributed by atoms with van der Waals surface area (Å²) < 4.78 is 28.4. The van der Waals surface area contributed by atoms with Gasteiger partial charge in [0, 0.05) is 30.6 Å². The zero-order valence-electron chi connectivity index (χ0n) is 18.5. The number of hydrogen-bond donors (Lipinski definition) is 3. The van der Waals surface area contributed by atoms with Gasteiger partial charge in [0.15, 0.2) is 6.04 Å². The van der Waals surface area contributed by atoms with Gasteiger partial charge in [0.25, 0.3) is 5.91 Å². The van der Waals surface area contributed by atoms with Crippen LogP contribution >= 0.6 is 11.6 Å². The molecule has 1 aliphatic heterocycles. The van der Waals surface area contributed by atoms with Crippen molar-refractivity contribution in [1.29, 1.82) is 0 Å². The summed E-state index contributed by atoms with van der Waals surface area (Å²) in [4.78, 5) is 28.1. The van der Waals surface area contributed by atoms with E-state index in [2.05, 4.69) is 4.72 Å². The third kappa shape index (κ3) is 5.13. The van der Waals surface area contributed by atoms with Gasteiger partial charge < -0.3 is 10.6 Å². The molecule has 1 saturated heterocycles. The number of quaternary nitrogens is 1. The Morgan fingerprint density at radius 1 is 1.22 bits per heavy atom. The number of nitrogens with one attached hydrogen (secondary N) is 2. The smallest absolute Gasteiger partial charge is 0.330 e. The lowest BCUT2D eigenvalue weighted by molar-refractivity contribution is -0.827. The molecular weight excluding hydrogens is 452 g/mol. The number of rotatable bonds is 8. The van der Waals surface area contributed by atoms with Crippen LogP contribution in [0.1, 0.15) is 27.2 Å². The summed E-state index contributed by atoms with van der Waals surface area (Å²) in [5.74, 6) is -0.482. The van der Waals surface area contributed by atoms with E-state index < -0.39 is 22.1 Å². The van der Waals surface area contributed by atoms with Gasteiger partial charge in [-0.3, -0.25) is 9.69 Å². The van der Waals surface area contributed by atoms with Gasteiger partial charge in [0.2, 0.25) is 10.0 Å². The number of benzene rings is 2. The average Bonchev–Trinajstić information content (AvgIpc) is 3.09. The molecule has 2 aromatic carbocycles. The van der Waals surface area contributed by atoms with E-state index in [1.54, 1.807) is 42.2 Å². The van der Waals surface area contributed by atoms with Crippen LogP contribution in [-0.2, 0) is 19.6 Å². The van der Waals surface area contributed by atoms with E-state index in [4.69, 9.17) is 17.3 Å². The number of nitrogens with zero attached hydrogens (tertiary/aromatic N) is 1. The molecule has 1 heterocycles. The molecular formula is C22H30ClN4O4S+. The molecule has 8 nitrogen and oxygen atoms in total. The topological polar surface area (TPSA) is 114 Å². The van der Waals surface area contributed by atoms with Gasteiger partial charge in [-0.25, -0.2) is 13.2 Å². The third-order valence-electron chi connectivity index (χ3n) is 5.89. The van der Waals surface area contributed by atoms with Gasteiger partial charge in [-0.05, 0) is 55.8 Å². The van der Waals surface area contributed by atoms with E-state index in [1.807, 2.05) is 13.8 Å². The van der Waals surface area contributed by atoms with Crippen molar-refractivity contribution in [3.8, 4) is 0 Å². The maximum absolute atomic E-state index is 13.0. The van der Waals surface area contributed by atoms with E-state index >= 15 is 0 Å². The minimum Gasteiger partial charge on any atom is -0.334 e. The van der Waals surface area contributed by atoms with Crippen molar-refractivity contribution in [1.82, 2.24) is 9.62 Å². The SMILES string of the molecule is CC(C)N(CCN)C(=O)[C@H](C)[NH+]1CC[C@H](NS(=O)(=O)c2ccc3cc(Cl)ccc3c2)C1=O. The van der Waals surface area contributed by atoms with E-state index in [9.17, 15) is 18.0 Å². The highest BCUT2D eigenvalue weighted by molar-refractivity contribution is 7.89. The monoisotopic (exact) mass is 481 g/mol. The number of fused-ring (bicyclic) bond motifs is 1. The molecule has 0 spiro atoms. The number of carbonyl (C=O) groups is 2. The Balaban J connectivity index is 1.74. The van der Waals surface area contributed by atoms with Gasteiger partial charge in [0.1, 0.15) is 6.04 Å². The molecule has 0 aliphatic carbocycles. The Morgan fingerprint density at radius 3 is 2.53 bits per heavy atom. The van der Waals surface area contributed by atoms with E-state index in [1.165, 1.54) is 6.07 Å². The zero-order chi connectivity index (χ0) is 23.6. The van der Waals surface area contributed by atoms with Gasteiger partial charge in [0.05, 0.1) is 11.4 Å². The summed E-state index contributed by atoms with van der Waals surface area (Å²) in [6.45, 7) is 6.62. The highest BCUT2D eigenvalue weighted by Gasteiger charge is 2.45. The predicted molar refractivity (Wildman–Crippen MR) is 124 cm³/mol. The number of likely N-dealkylation sites (tertiary alicyclic amines) is 1. The minimum atomic E-state index is -3.91. The van der Waals surface area contributed by atoms with Crippen LogP contribution in [0.3, 0.4) is 0 Å². The molecule has 2 amide bonds. The Bertz CT molecular complexity index is 1120. The fourth-order valence-corrected chi connectivity index (χ4v) is 5.54. The van der Waals surface area contributed by atoms with E-state index in [0.717, 1.165) is 10.8 Å². The van der Waals surface area contributed by atoms with E-state index in [-0.39, 0.29) is 22.8 Å². The lowest BCUT2D eigenvalue weighted by Crippen LogP contribution is -3.17. The summed E-state index contributed by atoms with van der Waals surface area (Å²) in [6, 6.07) is 8.39. The standard InChI is InChI=1S/C22H29ClN4O4S/c1-14(2)26(11-9-24)21(28)15(3)27-10-8-20(22(27)29)25-32(30,31)19-7-5-16-12-18(23)6-4-17(16)13-19/h4-7,12-15,20,25H,8-11,24H2,1-3H3/p+1/t15-,20-/m0/s1. The maximum Gasteiger partial charge on any atom is 0.330 e. The molecule has 1 unspecified atom stereocenters. The molecule has 4 N–H and O–H groups in total. The quantitative estimate of drug-likeness (QED) is 0.509. The molecule has 0 bridgehead atoms. The number of amides is 2. The van der Waals surface area contributed by atoms with Gasteiger partial charge in [-0.2, -0.15) is 4.72 Å². The van der Waals surface area contributed by atoms with Crippen LogP contribution in [0.5, 0.6) is 0 Å². The van der Waals surface area contributed by atoms with Crippen molar-refractivity contribution >= 4 is 44.2 Å². The van der Waals surface area contributed by atoms with Crippen LogP contribution in [0, 0.1) is 0 Å². The normalized spacial score (nSPS) is 20.1. The molecule has 2 aromatic rings. The lowest BCUT2D eigenvalue weighted by Gasteiger charge is -2.30. The van der Waals surface area contributed by atoms with Crippen molar-refractivity contribution in [2.75, 3.05) is 19.6 Å². The molecule has 1 aliphatic rings. The van der Waals surface area contributed by atoms with Crippen molar-refractivity contribution in [2.45, 2.75) is 50.2 Å². The molecule has 174 valence electrons. The van der Waals surface area contributed by atoms with Gasteiger partial charge >= 0.3 is 5.91 Å². The summed E-state index contributed by atoms with van der Waals surface area (Å²) in [6.07, 6.45) is 0.326. The van der Waals surface area contributed by atoms with Crippen LogP contribution in [0.25, 0.3) is 10.8 Å². The first-order valence-corrected chi connectivity index (χ1v) is 12.5. The highest BCUT2D eigenvalue weighted by Crippen LogP contribution is 2.23. The van der Waals surface area contributed by atoms with Crippen molar-refractivity contribution in [2.24, 2.45) is 5.73 Å². The number of carbonyl (C=O) groups excluding carboxylic acids is 2. The molecule has 3 rings (SSSR count). The number of halogens is 1. The fourth-order valence-electron chi connectivity index (χ4n) is 4.10. The van der Waals surface area contributed by atoms with Crippen LogP contribution in [0.15, 0.2) is 41.3 Å².